The number of rotatable bonds is 5. The number of ether oxygens (including phenoxy) is 1. The quantitative estimate of drug-likeness (QED) is 0.354. The van der Waals surface area contributed by atoms with E-state index < -0.39 is 0 Å². The highest BCUT2D eigenvalue weighted by molar-refractivity contribution is 7.80. The van der Waals surface area contributed by atoms with Crippen LogP contribution in [0.15, 0.2) is 47.8 Å². The largest absolute Gasteiger partial charge is 0.472 e. The van der Waals surface area contributed by atoms with E-state index in [1.807, 2.05) is 30.3 Å². The second-order valence-corrected chi connectivity index (χ2v) is 6.72. The van der Waals surface area contributed by atoms with E-state index in [9.17, 15) is 0 Å². The average molecular weight is 385 g/mol. The van der Waals surface area contributed by atoms with Crippen LogP contribution < -0.4 is 15.9 Å². The maximum atomic E-state index is 6.03. The van der Waals surface area contributed by atoms with E-state index >= 15 is 0 Å². The molecule has 27 heavy (non-hydrogen) atoms. The zero-order valence-corrected chi connectivity index (χ0v) is 16.0. The van der Waals surface area contributed by atoms with Crippen molar-refractivity contribution in [1.82, 2.24) is 20.3 Å². The number of likely N-dealkylation sites (tertiary alicyclic amines) is 1. The Morgan fingerprint density at radius 3 is 2.63 bits per heavy atom. The molecular weight excluding hydrogens is 360 g/mol. The number of hydrazone groups is 1. The van der Waals surface area contributed by atoms with Gasteiger partial charge in [-0.25, -0.2) is 4.98 Å². The van der Waals surface area contributed by atoms with Gasteiger partial charge in [0.1, 0.15) is 12.3 Å². The van der Waals surface area contributed by atoms with Crippen molar-refractivity contribution in [3.8, 4) is 5.88 Å². The molecule has 3 N–H and O–H groups in total. The minimum absolute atomic E-state index is 0.213. The minimum Gasteiger partial charge on any atom is -0.472 e. The van der Waals surface area contributed by atoms with Crippen molar-refractivity contribution in [2.24, 2.45) is 10.8 Å². The minimum atomic E-state index is 0.213. The molecule has 7 nitrogen and oxygen atoms in total. The fourth-order valence-electron chi connectivity index (χ4n) is 2.78. The second kappa shape index (κ2) is 9.82. The third kappa shape index (κ3) is 5.89. The fraction of sp³-hybridized carbons (Fsp3) is 0.368. The SMILES string of the molecule is N/C(=N\NC(=S)N1CCCCCC1)c1cncc(OCc2ccccc2)n1. The first-order chi connectivity index (χ1) is 13.2. The lowest BCUT2D eigenvalue weighted by molar-refractivity contribution is 0.292. The van der Waals surface area contributed by atoms with Gasteiger partial charge in [-0.15, -0.1) is 0 Å². The number of amidine groups is 1. The number of nitrogens with one attached hydrogen (secondary N) is 1. The molecule has 1 aromatic carbocycles. The summed E-state index contributed by atoms with van der Waals surface area (Å²) < 4.78 is 5.68. The standard InChI is InChI=1S/C19H24N6OS/c20-18(23-24-19(27)25-10-6-1-2-7-11-25)16-12-21-13-17(22-16)26-14-15-8-4-3-5-9-15/h3-5,8-9,12-13H,1-2,6-7,10-11,14H2,(H2,20,23)(H,24,27). The predicted octanol–water partition coefficient (Wildman–Crippen LogP) is 2.43. The number of nitrogens with zero attached hydrogens (tertiary/aromatic N) is 4. The fourth-order valence-corrected chi connectivity index (χ4v) is 3.01. The van der Waals surface area contributed by atoms with Crippen LogP contribution in [0.4, 0.5) is 0 Å². The molecule has 1 saturated heterocycles. The molecule has 0 unspecified atom stereocenters. The first kappa shape index (κ1) is 19.0. The van der Waals surface area contributed by atoms with E-state index in [1.54, 1.807) is 12.4 Å². The molecule has 2 heterocycles. The highest BCUT2D eigenvalue weighted by Crippen LogP contribution is 2.10. The van der Waals surface area contributed by atoms with Crippen molar-refractivity contribution in [1.29, 1.82) is 0 Å². The van der Waals surface area contributed by atoms with Crippen LogP contribution in [0, 0.1) is 0 Å². The number of thiocarbonyl (C=S) groups is 1. The number of aromatic nitrogens is 2. The predicted molar refractivity (Wildman–Crippen MR) is 109 cm³/mol. The Kier molecular flexibility index (Phi) is 6.92. The molecule has 1 aromatic heterocycles. The normalized spacial score (nSPS) is 15.1. The van der Waals surface area contributed by atoms with Crippen molar-refractivity contribution >= 4 is 23.2 Å². The van der Waals surface area contributed by atoms with E-state index in [-0.39, 0.29) is 5.84 Å². The summed E-state index contributed by atoms with van der Waals surface area (Å²) in [7, 11) is 0. The summed E-state index contributed by atoms with van der Waals surface area (Å²) in [6, 6.07) is 9.86. The molecule has 0 amide bonds. The highest BCUT2D eigenvalue weighted by Gasteiger charge is 2.12. The van der Waals surface area contributed by atoms with Crippen LogP contribution in [0.3, 0.4) is 0 Å². The van der Waals surface area contributed by atoms with Gasteiger partial charge in [-0.3, -0.25) is 10.4 Å². The molecule has 0 radical (unpaired) electrons. The highest BCUT2D eigenvalue weighted by atomic mass is 32.1. The van der Waals surface area contributed by atoms with E-state index in [4.69, 9.17) is 22.7 Å². The van der Waals surface area contributed by atoms with Crippen LogP contribution >= 0.6 is 12.2 Å². The molecule has 8 heteroatoms. The van der Waals surface area contributed by atoms with E-state index in [1.165, 1.54) is 12.8 Å². The summed E-state index contributed by atoms with van der Waals surface area (Å²) in [5.41, 5.74) is 10.4. The van der Waals surface area contributed by atoms with Crippen molar-refractivity contribution in [2.45, 2.75) is 32.3 Å². The topological polar surface area (TPSA) is 88.7 Å². The molecule has 3 rings (SSSR count). The average Bonchev–Trinajstić information content (AvgIpc) is 3.01. The van der Waals surface area contributed by atoms with E-state index in [0.29, 0.717) is 23.3 Å². The zero-order chi connectivity index (χ0) is 18.9. The first-order valence-corrected chi connectivity index (χ1v) is 9.50. The van der Waals surface area contributed by atoms with Crippen LogP contribution in [0.5, 0.6) is 5.88 Å². The number of nitrogens with two attached hydrogens (primary N) is 1. The monoisotopic (exact) mass is 384 g/mol. The Balaban J connectivity index is 1.58. The van der Waals surface area contributed by atoms with Gasteiger partial charge in [-0.05, 0) is 30.6 Å². The third-order valence-electron chi connectivity index (χ3n) is 4.27. The molecule has 1 aliphatic rings. The van der Waals surface area contributed by atoms with Gasteiger partial charge in [-0.1, -0.05) is 43.2 Å². The maximum Gasteiger partial charge on any atom is 0.233 e. The van der Waals surface area contributed by atoms with Gasteiger partial charge in [0.2, 0.25) is 5.88 Å². The Bertz CT molecular complexity index is 775. The van der Waals surface area contributed by atoms with Crippen molar-refractivity contribution in [2.75, 3.05) is 13.1 Å². The smallest absolute Gasteiger partial charge is 0.233 e. The van der Waals surface area contributed by atoms with Gasteiger partial charge in [0.05, 0.1) is 12.4 Å². The second-order valence-electron chi connectivity index (χ2n) is 6.33. The molecule has 0 spiro atoms. The summed E-state index contributed by atoms with van der Waals surface area (Å²) >= 11 is 5.42. The molecule has 1 fully saturated rings. The molecule has 0 atom stereocenters. The van der Waals surface area contributed by atoms with E-state index in [2.05, 4.69) is 25.4 Å². The van der Waals surface area contributed by atoms with Crippen LogP contribution in [-0.2, 0) is 6.61 Å². The number of hydrogen-bond acceptors (Lipinski definition) is 5. The van der Waals surface area contributed by atoms with Gasteiger partial charge < -0.3 is 15.4 Å². The number of benzene rings is 1. The third-order valence-corrected chi connectivity index (χ3v) is 4.62. The Morgan fingerprint density at radius 2 is 1.89 bits per heavy atom. The molecular formula is C19H24N6OS. The molecule has 142 valence electrons. The van der Waals surface area contributed by atoms with Gasteiger partial charge >= 0.3 is 0 Å². The molecule has 2 aromatic rings. The first-order valence-electron chi connectivity index (χ1n) is 9.09. The van der Waals surface area contributed by atoms with Crippen LogP contribution in [0.2, 0.25) is 0 Å². The van der Waals surface area contributed by atoms with Gasteiger partial charge in [-0.2, -0.15) is 5.10 Å². The summed E-state index contributed by atoms with van der Waals surface area (Å²) in [5.74, 6) is 0.606. The lowest BCUT2D eigenvalue weighted by Crippen LogP contribution is -2.39. The lowest BCUT2D eigenvalue weighted by Gasteiger charge is -2.22. The summed E-state index contributed by atoms with van der Waals surface area (Å²) in [6.07, 6.45) is 7.88. The molecule has 0 saturated carbocycles. The van der Waals surface area contributed by atoms with Crippen LogP contribution in [0.1, 0.15) is 36.9 Å². The zero-order valence-electron chi connectivity index (χ0n) is 15.2. The molecule has 0 bridgehead atoms. The van der Waals surface area contributed by atoms with Gasteiger partial charge in [0, 0.05) is 13.1 Å². The van der Waals surface area contributed by atoms with Crippen molar-refractivity contribution in [3.05, 3.63) is 54.0 Å². The number of hydrogen-bond donors (Lipinski definition) is 2. The summed E-state index contributed by atoms with van der Waals surface area (Å²) in [5, 5.41) is 4.75. The van der Waals surface area contributed by atoms with E-state index in [0.717, 1.165) is 31.5 Å². The Morgan fingerprint density at radius 1 is 1.15 bits per heavy atom. The maximum absolute atomic E-state index is 6.03. The molecule has 0 aliphatic carbocycles. The van der Waals surface area contributed by atoms with Crippen LogP contribution in [0.25, 0.3) is 0 Å². The summed E-state index contributed by atoms with van der Waals surface area (Å²) in [6.45, 7) is 2.31. The van der Waals surface area contributed by atoms with Gasteiger partial charge in [0.25, 0.3) is 0 Å². The van der Waals surface area contributed by atoms with Gasteiger partial charge in [0.15, 0.2) is 10.9 Å². The Labute approximate surface area is 164 Å². The van der Waals surface area contributed by atoms with Crippen molar-refractivity contribution < 1.29 is 4.74 Å². The Hall–Kier alpha value is -2.74. The lowest BCUT2D eigenvalue weighted by atomic mass is 10.2. The van der Waals surface area contributed by atoms with Crippen molar-refractivity contribution in [3.63, 3.8) is 0 Å². The molecule has 1 aliphatic heterocycles. The summed E-state index contributed by atoms with van der Waals surface area (Å²) in [4.78, 5) is 10.6. The van der Waals surface area contributed by atoms with Crippen LogP contribution in [-0.4, -0.2) is 38.9 Å².